The number of ether oxygens (including phenoxy) is 1. The molecule has 1 aliphatic carbocycles. The lowest BCUT2D eigenvalue weighted by Gasteiger charge is -2.47. The first-order valence-corrected chi connectivity index (χ1v) is 15.8. The van der Waals surface area contributed by atoms with Gasteiger partial charge in [0, 0.05) is 37.2 Å². The highest BCUT2D eigenvalue weighted by Gasteiger charge is 2.54. The van der Waals surface area contributed by atoms with Gasteiger partial charge in [0.2, 0.25) is 10.0 Å². The van der Waals surface area contributed by atoms with Crippen molar-refractivity contribution in [3.05, 3.63) is 71.2 Å². The Bertz CT molecular complexity index is 1430. The van der Waals surface area contributed by atoms with Crippen molar-refractivity contribution in [1.82, 2.24) is 14.0 Å². The molecular formula is C31H40FN4O3S+. The van der Waals surface area contributed by atoms with Crippen molar-refractivity contribution in [2.45, 2.75) is 50.8 Å². The summed E-state index contributed by atoms with van der Waals surface area (Å²) in [6, 6.07) is 14.1. The zero-order valence-electron chi connectivity index (χ0n) is 23.9. The number of quaternary nitrogens is 1. The number of hydrogen-bond donors (Lipinski definition) is 0. The number of morpholine rings is 1. The first-order chi connectivity index (χ1) is 19.0. The van der Waals surface area contributed by atoms with Crippen LogP contribution in [0, 0.1) is 23.6 Å². The normalized spacial score (nSPS) is 29.9. The summed E-state index contributed by atoms with van der Waals surface area (Å²) in [6.45, 7) is 12.3. The lowest BCUT2D eigenvalue weighted by Crippen LogP contribution is -2.61. The number of sulfonamides is 1. The molecule has 3 aliphatic heterocycles. The molecule has 214 valence electrons. The molecule has 2 saturated heterocycles. The Hall–Kier alpha value is -2.43. The predicted octanol–water partition coefficient (Wildman–Crippen LogP) is 5.30. The molecule has 2 aromatic carbocycles. The first-order valence-electron chi connectivity index (χ1n) is 14.4. The molecule has 4 atom stereocenters. The van der Waals surface area contributed by atoms with Gasteiger partial charge in [-0.15, -0.1) is 5.01 Å². The third-order valence-electron chi connectivity index (χ3n) is 9.37. The van der Waals surface area contributed by atoms with Crippen LogP contribution in [0.2, 0.25) is 0 Å². The van der Waals surface area contributed by atoms with Gasteiger partial charge >= 0.3 is 0 Å². The van der Waals surface area contributed by atoms with Gasteiger partial charge in [0.25, 0.3) is 0 Å². The number of fused-ring (bicyclic) bond motifs is 1. The Morgan fingerprint density at radius 2 is 1.68 bits per heavy atom. The zero-order chi connectivity index (χ0) is 28.3. The summed E-state index contributed by atoms with van der Waals surface area (Å²) >= 11 is 0. The third-order valence-corrected chi connectivity index (χ3v) is 11.3. The Labute approximate surface area is 237 Å². The van der Waals surface area contributed by atoms with Crippen LogP contribution in [0.1, 0.15) is 46.1 Å². The van der Waals surface area contributed by atoms with Crippen LogP contribution in [0.25, 0.3) is 0 Å². The van der Waals surface area contributed by atoms with Crippen molar-refractivity contribution >= 4 is 21.9 Å². The molecule has 6 rings (SSSR count). The molecule has 40 heavy (non-hydrogen) atoms. The molecule has 2 unspecified atom stereocenters. The number of benzene rings is 2. The number of piperidine rings is 1. The Kier molecular flexibility index (Phi) is 7.02. The molecule has 2 aromatic rings. The van der Waals surface area contributed by atoms with Crippen molar-refractivity contribution in [2.75, 3.05) is 39.4 Å². The second-order valence-corrected chi connectivity index (χ2v) is 14.6. The second-order valence-electron chi connectivity index (χ2n) is 12.6. The van der Waals surface area contributed by atoms with E-state index in [1.54, 1.807) is 16.4 Å². The summed E-state index contributed by atoms with van der Waals surface area (Å²) in [5.74, 6) is 0.449. The number of allylic oxidation sites excluding steroid dienone is 2. The van der Waals surface area contributed by atoms with E-state index < -0.39 is 10.0 Å². The molecular weight excluding hydrogens is 527 g/mol. The minimum absolute atomic E-state index is 0.0324. The second kappa shape index (κ2) is 10.1. The van der Waals surface area contributed by atoms with Crippen molar-refractivity contribution in [1.29, 1.82) is 0 Å². The van der Waals surface area contributed by atoms with E-state index in [0.717, 1.165) is 37.2 Å². The highest BCUT2D eigenvalue weighted by molar-refractivity contribution is 7.89. The lowest BCUT2D eigenvalue weighted by molar-refractivity contribution is -0.0678. The van der Waals surface area contributed by atoms with E-state index in [9.17, 15) is 12.8 Å². The van der Waals surface area contributed by atoms with Crippen LogP contribution < -0.4 is 4.70 Å². The van der Waals surface area contributed by atoms with Crippen molar-refractivity contribution in [2.24, 2.45) is 22.9 Å². The highest BCUT2D eigenvalue weighted by atomic mass is 32.2. The molecule has 0 N–H and O–H groups in total. The minimum atomic E-state index is -3.59. The molecule has 0 radical (unpaired) electrons. The fourth-order valence-corrected chi connectivity index (χ4v) is 8.50. The van der Waals surface area contributed by atoms with E-state index in [1.807, 2.05) is 30.5 Å². The van der Waals surface area contributed by atoms with Crippen LogP contribution in [0.4, 0.5) is 10.1 Å². The molecule has 7 nitrogen and oxygen atoms in total. The summed E-state index contributed by atoms with van der Waals surface area (Å²) < 4.78 is 49.0. The summed E-state index contributed by atoms with van der Waals surface area (Å²) in [5.41, 5.74) is 4.43. The van der Waals surface area contributed by atoms with Gasteiger partial charge in [0.05, 0.1) is 37.4 Å². The van der Waals surface area contributed by atoms with Crippen molar-refractivity contribution in [3.63, 3.8) is 0 Å². The van der Waals surface area contributed by atoms with Crippen molar-refractivity contribution < 1.29 is 17.5 Å². The maximum Gasteiger partial charge on any atom is 0.243 e. The van der Waals surface area contributed by atoms with Gasteiger partial charge in [-0.3, -0.25) is 0 Å². The maximum absolute atomic E-state index is 13.9. The third kappa shape index (κ3) is 4.56. The smallest absolute Gasteiger partial charge is 0.243 e. The van der Waals surface area contributed by atoms with E-state index in [1.165, 1.54) is 23.4 Å². The van der Waals surface area contributed by atoms with Gasteiger partial charge in [-0.05, 0) is 59.4 Å². The van der Waals surface area contributed by atoms with E-state index in [0.29, 0.717) is 37.1 Å². The van der Waals surface area contributed by atoms with Gasteiger partial charge < -0.3 is 4.74 Å². The summed E-state index contributed by atoms with van der Waals surface area (Å²) in [7, 11) is -3.59. The Morgan fingerprint density at radius 3 is 2.33 bits per heavy atom. The van der Waals surface area contributed by atoms with Crippen LogP contribution in [-0.4, -0.2) is 63.3 Å². The standard InChI is InChI=1S/C31H40FN4O3S/c1-22-28-20-33-36(34-15-17-39-18-16-34,26-9-7-25(32)8-10-26)30(28)19-23-13-14-35(21-29(22)23)40(37,38)27-11-5-24(6-12-27)31(2,3)4/h5-12,20,22-23,29H,13-19,21H2,1-4H3/q+1/t22?,23-,29+,36?/m0/s1. The first kappa shape index (κ1) is 27.7. The zero-order valence-corrected chi connectivity index (χ0v) is 24.7. The topological polar surface area (TPSA) is 62.2 Å². The fraction of sp³-hybridized carbons (Fsp3) is 0.516. The van der Waals surface area contributed by atoms with Crippen LogP contribution in [0.15, 0.2) is 69.8 Å². The number of hydrogen-bond acceptors (Lipinski definition) is 5. The number of halogens is 1. The molecule has 0 aromatic heterocycles. The summed E-state index contributed by atoms with van der Waals surface area (Å²) in [5, 5.41) is 7.46. The average molecular weight is 568 g/mol. The molecule has 3 heterocycles. The fourth-order valence-electron chi connectivity index (χ4n) is 7.01. The van der Waals surface area contributed by atoms with E-state index in [4.69, 9.17) is 9.84 Å². The molecule has 0 bridgehead atoms. The largest absolute Gasteiger partial charge is 0.378 e. The summed E-state index contributed by atoms with van der Waals surface area (Å²) in [4.78, 5) is 0.365. The SMILES string of the molecule is CC1C2=C(C[C@@H]3CCN(S(=O)(=O)c4ccc(C(C)(C)C)cc4)C[C@H]13)[N+](c1ccc(F)cc1)(N1CCOCC1)N=C2. The molecule has 0 saturated carbocycles. The Balaban J connectivity index is 1.30. The van der Waals surface area contributed by atoms with Crippen LogP contribution >= 0.6 is 0 Å². The molecule has 2 fully saturated rings. The van der Waals surface area contributed by atoms with Gasteiger partial charge in [-0.2, -0.15) is 4.31 Å². The molecule has 0 spiro atoms. The predicted molar refractivity (Wildman–Crippen MR) is 155 cm³/mol. The quantitative estimate of drug-likeness (QED) is 0.471. The van der Waals surface area contributed by atoms with Crippen LogP contribution in [0.5, 0.6) is 0 Å². The molecule has 4 aliphatic rings. The maximum atomic E-state index is 13.9. The van der Waals surface area contributed by atoms with Gasteiger partial charge in [-0.1, -0.05) is 49.6 Å². The van der Waals surface area contributed by atoms with Crippen LogP contribution in [-0.2, 0) is 20.2 Å². The molecule has 9 heteroatoms. The van der Waals surface area contributed by atoms with E-state index in [2.05, 4.69) is 32.7 Å². The Morgan fingerprint density at radius 1 is 1.00 bits per heavy atom. The van der Waals surface area contributed by atoms with Gasteiger partial charge in [0.15, 0.2) is 11.4 Å². The average Bonchev–Trinajstić information content (AvgIpc) is 3.34. The van der Waals surface area contributed by atoms with Crippen LogP contribution in [0.3, 0.4) is 0 Å². The highest BCUT2D eigenvalue weighted by Crippen LogP contribution is 2.50. The number of nitrogens with zero attached hydrogens (tertiary/aromatic N) is 4. The molecule has 0 amide bonds. The van der Waals surface area contributed by atoms with Crippen molar-refractivity contribution in [3.8, 4) is 0 Å². The summed E-state index contributed by atoms with van der Waals surface area (Å²) in [6.07, 6.45) is 3.64. The number of rotatable bonds is 4. The minimum Gasteiger partial charge on any atom is -0.378 e. The monoisotopic (exact) mass is 567 g/mol. The van der Waals surface area contributed by atoms with Gasteiger partial charge in [-0.25, -0.2) is 12.8 Å². The van der Waals surface area contributed by atoms with E-state index in [-0.39, 0.29) is 27.8 Å². The van der Waals surface area contributed by atoms with Gasteiger partial charge in [0.1, 0.15) is 5.82 Å². The lowest BCUT2D eigenvalue weighted by atomic mass is 9.69. The van der Waals surface area contributed by atoms with E-state index >= 15 is 0 Å².